The first-order valence-corrected chi connectivity index (χ1v) is 26.9. The summed E-state index contributed by atoms with van der Waals surface area (Å²) in [5.74, 6) is 1.24. The topological polar surface area (TPSA) is 391 Å². The molecule has 0 spiro atoms. The standard InChI is InChI=1S/C8H15F3.C8H10O3.C6H9NO2.C6H9NOS.C5H8N2O2.C5H8N2OS.C5H8N2O.C4H8N4.C4H9NO2/c1-6(2,3)7(4,5)8(9,10)11;1-5(2)6-3-11-4-7(9)8(6)10;2*1-4(2)5-3-9-7-6(5)8;1-3(2)4-6-5(8)9-7-4;1-3(2)4-5(8)7-9-6-4;1-4(2)5(8)7-3-6;1-3(2)4-5-7-8-6-4;1-3(2)4(6)5-7/h1-5H3;3-5,9H,1-2H3;2*3-4H,1-2H3,(H,7,8);3H,1-2H3,(H,6,7,8);3H,1-2H3,(H,7,8);4H,1-2H3,(H,7,8);3H,1-2H3,(H,5,6,7,8);3,7H,1-2H3,(H,5,6). The van der Waals surface area contributed by atoms with Crippen molar-refractivity contribution in [3.63, 3.8) is 0 Å². The maximum atomic E-state index is 12.3. The van der Waals surface area contributed by atoms with Gasteiger partial charge >= 0.3 is 11.9 Å². The number of carbonyl (C=O) groups is 2. The molecule has 25 nitrogen and oxygen atoms in total. The van der Waals surface area contributed by atoms with Crippen molar-refractivity contribution >= 4 is 35.1 Å². The number of halogens is 3. The summed E-state index contributed by atoms with van der Waals surface area (Å²) in [7, 11) is 0. The summed E-state index contributed by atoms with van der Waals surface area (Å²) in [5, 5.41) is 47.6. The summed E-state index contributed by atoms with van der Waals surface area (Å²) < 4.78 is 59.6. The van der Waals surface area contributed by atoms with Gasteiger partial charge in [-0.3, -0.25) is 57.5 Å². The lowest BCUT2D eigenvalue weighted by atomic mass is 9.69. The second-order valence-corrected chi connectivity index (χ2v) is 22.5. The number of nitrogens with zero attached hydrogens (tertiary/aromatic N) is 6. The van der Waals surface area contributed by atoms with Crippen LogP contribution in [0.5, 0.6) is 5.75 Å². The SMILES string of the molecule is CC(C)(C)C(C)(C)C(F)(F)F.CC(C)C(=O)NC#N.CC(C)C(=O)NO.CC(C)c1co[nH]c1=O.CC(C)c1cocc(O)c1=O.CC(C)c1cs[nH]c1=O.CC(C)c1nn[nH]n1.CC(C)c1noc(=O)[nH]1.CC(C)c1ns[nH]c1=O. The zero-order valence-electron chi connectivity index (χ0n) is 50.0. The Morgan fingerprint density at radius 1 is 0.704 bits per heavy atom. The third-order valence-electron chi connectivity index (χ3n) is 10.8. The van der Waals surface area contributed by atoms with Crippen LogP contribution in [0.3, 0.4) is 0 Å². The van der Waals surface area contributed by atoms with Crippen LogP contribution in [0.25, 0.3) is 0 Å². The molecular weight excluding hydrogens is 1110 g/mol. The summed E-state index contributed by atoms with van der Waals surface area (Å²) in [5.41, 5.74) is 1.45. The molecule has 9 N–H and O–H groups in total. The number of alkyl halides is 3. The van der Waals surface area contributed by atoms with Gasteiger partial charge in [0.05, 0.1) is 17.2 Å². The molecule has 0 aliphatic carbocycles. The van der Waals surface area contributed by atoms with Gasteiger partial charge < -0.3 is 14.0 Å². The number of hydrogen-bond donors (Lipinski definition) is 9. The van der Waals surface area contributed by atoms with E-state index in [0.29, 0.717) is 34.5 Å². The van der Waals surface area contributed by atoms with E-state index in [9.17, 15) is 46.7 Å². The molecule has 0 aliphatic heterocycles. The third kappa shape index (κ3) is 31.4. The fraction of sp³-hybridized carbons (Fsp3) is 0.627. The highest BCUT2D eigenvalue weighted by Crippen LogP contribution is 2.49. The van der Waals surface area contributed by atoms with Crippen molar-refractivity contribution in [3.8, 4) is 11.9 Å². The average molecular weight is 1190 g/mol. The van der Waals surface area contributed by atoms with Crippen LogP contribution in [0, 0.1) is 34.1 Å². The van der Waals surface area contributed by atoms with Gasteiger partial charge in [0, 0.05) is 57.8 Å². The first-order valence-electron chi connectivity index (χ1n) is 25.3. The Labute approximate surface area is 476 Å². The fourth-order valence-corrected chi connectivity index (χ4v) is 5.79. The Kier molecular flexibility index (Phi) is 37.0. The zero-order chi connectivity index (χ0) is 63.8. The number of carbonyl (C=O) groups excluding carboxylic acids is 2. The van der Waals surface area contributed by atoms with Crippen molar-refractivity contribution in [2.45, 2.75) is 187 Å². The second kappa shape index (κ2) is 38.4. The lowest BCUT2D eigenvalue weighted by molar-refractivity contribution is -0.243. The molecule has 81 heavy (non-hydrogen) atoms. The maximum Gasteiger partial charge on any atom is 0.438 e. The van der Waals surface area contributed by atoms with Crippen LogP contribution in [0.1, 0.15) is 215 Å². The predicted molar refractivity (Wildman–Crippen MR) is 302 cm³/mol. The van der Waals surface area contributed by atoms with E-state index in [2.05, 4.69) is 58.1 Å². The van der Waals surface area contributed by atoms with Gasteiger partial charge in [-0.05, 0) is 23.2 Å². The van der Waals surface area contributed by atoms with Crippen LogP contribution >= 0.6 is 23.3 Å². The number of tetrazole rings is 1. The molecule has 0 unspecified atom stereocenters. The van der Waals surface area contributed by atoms with Crippen LogP contribution < -0.4 is 38.7 Å². The molecule has 458 valence electrons. The molecule has 0 radical (unpaired) electrons. The molecule has 6 aromatic rings. The highest BCUT2D eigenvalue weighted by atomic mass is 32.1. The average Bonchev–Trinajstić information content (AvgIpc) is 4.23. The summed E-state index contributed by atoms with van der Waals surface area (Å²) in [6.07, 6.45) is 1.28. The highest BCUT2D eigenvalue weighted by molar-refractivity contribution is 7.03. The Morgan fingerprint density at radius 2 is 1.25 bits per heavy atom. The quantitative estimate of drug-likeness (QED) is 0.0296. The predicted octanol–water partition coefficient (Wildman–Crippen LogP) is 9.89. The van der Waals surface area contributed by atoms with Crippen molar-refractivity contribution in [3.05, 3.63) is 110 Å². The normalized spacial score (nSPS) is 10.8. The first kappa shape index (κ1) is 78.0. The Balaban J connectivity index is -0.000000848. The molecule has 0 aromatic carbocycles. The molecule has 0 fully saturated rings. The number of aromatic hydroxyl groups is 1. The number of nitriles is 1. The van der Waals surface area contributed by atoms with Crippen LogP contribution in [0.15, 0.2) is 61.6 Å². The van der Waals surface area contributed by atoms with E-state index in [1.165, 1.54) is 43.4 Å². The van der Waals surface area contributed by atoms with Crippen LogP contribution in [0.4, 0.5) is 13.2 Å². The number of amides is 2. The Bertz CT molecular complexity index is 2840. The number of nitrogens with one attached hydrogen (secondary N) is 7. The summed E-state index contributed by atoms with van der Waals surface area (Å²) in [6.45, 7) is 37.5. The van der Waals surface area contributed by atoms with Gasteiger partial charge in [0.15, 0.2) is 23.6 Å². The number of aromatic amines is 5. The Hall–Kier alpha value is -7.26. The van der Waals surface area contributed by atoms with Gasteiger partial charge in [-0.25, -0.2) is 10.3 Å². The number of H-pyrrole nitrogens is 5. The number of hydroxylamine groups is 1. The van der Waals surface area contributed by atoms with Crippen molar-refractivity contribution in [1.82, 2.24) is 59.8 Å². The largest absolute Gasteiger partial charge is 0.502 e. The fourth-order valence-electron chi connectivity index (χ4n) is 4.37. The van der Waals surface area contributed by atoms with Crippen molar-refractivity contribution in [2.24, 2.45) is 22.7 Å². The molecule has 0 atom stereocenters. The smallest absolute Gasteiger partial charge is 0.438 e. The molecule has 2 amide bonds. The minimum Gasteiger partial charge on any atom is -0.502 e. The minimum absolute atomic E-state index is 0.0463. The van der Waals surface area contributed by atoms with Crippen molar-refractivity contribution in [1.29, 1.82) is 5.26 Å². The number of rotatable bonds is 8. The van der Waals surface area contributed by atoms with E-state index >= 15 is 0 Å². The van der Waals surface area contributed by atoms with Gasteiger partial charge in [0.1, 0.15) is 18.2 Å². The van der Waals surface area contributed by atoms with Crippen LogP contribution in [0.2, 0.25) is 0 Å². The van der Waals surface area contributed by atoms with E-state index in [4.69, 9.17) is 20.0 Å². The van der Waals surface area contributed by atoms with E-state index in [0.717, 1.165) is 29.4 Å². The number of hydrogen-bond acceptors (Lipinski definition) is 20. The van der Waals surface area contributed by atoms with E-state index in [-0.39, 0.29) is 75.2 Å². The molecular formula is C51H84F3N13O12S2. The molecule has 0 saturated carbocycles. The molecule has 0 aliphatic rings. The van der Waals surface area contributed by atoms with Gasteiger partial charge in [-0.15, -0.1) is 10.2 Å². The van der Waals surface area contributed by atoms with Gasteiger partial charge in [-0.2, -0.15) is 33.2 Å². The van der Waals surface area contributed by atoms with Crippen molar-refractivity contribution < 1.29 is 46.5 Å². The molecule has 30 heteroatoms. The third-order valence-corrected chi connectivity index (χ3v) is 12.0. The monoisotopic (exact) mass is 1190 g/mol. The minimum atomic E-state index is -4.12. The molecule has 0 saturated heterocycles. The molecule has 6 heterocycles. The lowest BCUT2D eigenvalue weighted by Crippen LogP contribution is -2.43. The summed E-state index contributed by atoms with van der Waals surface area (Å²) in [6, 6.07) is 0. The Morgan fingerprint density at radius 3 is 1.44 bits per heavy atom. The van der Waals surface area contributed by atoms with Crippen molar-refractivity contribution in [2.75, 3.05) is 0 Å². The number of aromatic nitrogens is 10. The van der Waals surface area contributed by atoms with Gasteiger partial charge in [-0.1, -0.05) is 167 Å². The van der Waals surface area contributed by atoms with Crippen LogP contribution in [-0.4, -0.2) is 77.3 Å². The molecule has 6 rings (SSSR count). The van der Waals surface area contributed by atoms with Gasteiger partial charge in [0.2, 0.25) is 17.2 Å². The van der Waals surface area contributed by atoms with Crippen LogP contribution in [-0.2, 0) is 9.59 Å². The second-order valence-electron chi connectivity index (χ2n) is 21.2. The van der Waals surface area contributed by atoms with E-state index in [1.807, 2.05) is 93.8 Å². The summed E-state index contributed by atoms with van der Waals surface area (Å²) >= 11 is 2.46. The molecule has 0 bridgehead atoms. The maximum absolute atomic E-state index is 12.3. The molecule has 6 aromatic heterocycles. The highest BCUT2D eigenvalue weighted by Gasteiger charge is 2.54. The first-order chi connectivity index (χ1) is 37.1. The van der Waals surface area contributed by atoms with Gasteiger partial charge in [0.25, 0.3) is 16.7 Å². The lowest BCUT2D eigenvalue weighted by Gasteiger charge is -2.40. The summed E-state index contributed by atoms with van der Waals surface area (Å²) in [4.78, 5) is 76.7. The van der Waals surface area contributed by atoms with E-state index < -0.39 is 22.8 Å². The van der Waals surface area contributed by atoms with E-state index in [1.54, 1.807) is 54.7 Å². The zero-order valence-corrected chi connectivity index (χ0v) is 51.7.